The van der Waals surface area contributed by atoms with Crippen molar-refractivity contribution < 1.29 is 19.2 Å². The second-order valence-corrected chi connectivity index (χ2v) is 6.21. The fraction of sp³-hybridized carbons (Fsp3) is 0.300. The molecule has 0 aromatic heterocycles. The van der Waals surface area contributed by atoms with Crippen LogP contribution in [0.1, 0.15) is 22.8 Å². The molecule has 0 saturated heterocycles. The van der Waals surface area contributed by atoms with Crippen LogP contribution in [0.25, 0.3) is 0 Å². The maximum atomic E-state index is 12.6. The van der Waals surface area contributed by atoms with Gasteiger partial charge in [0.25, 0.3) is 11.8 Å². The summed E-state index contributed by atoms with van der Waals surface area (Å²) >= 11 is 0. The second kappa shape index (κ2) is 9.01. The first-order valence-corrected chi connectivity index (χ1v) is 8.53. The van der Waals surface area contributed by atoms with Gasteiger partial charge in [0, 0.05) is 18.2 Å². The number of amides is 2. The number of methoxy groups -OCH3 is 1. The summed E-state index contributed by atoms with van der Waals surface area (Å²) in [4.78, 5) is 25.2. The minimum Gasteiger partial charge on any atom is -0.495 e. The van der Waals surface area contributed by atoms with E-state index in [0.29, 0.717) is 23.5 Å². The van der Waals surface area contributed by atoms with E-state index in [-0.39, 0.29) is 17.9 Å². The largest absolute Gasteiger partial charge is 0.495 e. The molecule has 138 valence electrons. The molecule has 0 fully saturated rings. The molecule has 0 saturated carbocycles. The molecule has 0 aliphatic carbocycles. The number of anilines is 1. The third-order valence-corrected chi connectivity index (χ3v) is 4.42. The lowest BCUT2D eigenvalue weighted by Crippen LogP contribution is -3.12. The van der Waals surface area contributed by atoms with Crippen molar-refractivity contribution in [2.24, 2.45) is 0 Å². The van der Waals surface area contributed by atoms with Crippen molar-refractivity contribution in [3.05, 3.63) is 59.7 Å². The zero-order chi connectivity index (χ0) is 19.1. The van der Waals surface area contributed by atoms with E-state index in [1.54, 1.807) is 26.3 Å². The molecular weight excluding hydrogens is 330 g/mol. The number of carbonyl (C=O) groups excluding carboxylic acids is 2. The van der Waals surface area contributed by atoms with Crippen LogP contribution in [0, 0.1) is 0 Å². The smallest absolute Gasteiger partial charge is 0.282 e. The monoisotopic (exact) mass is 356 g/mol. The summed E-state index contributed by atoms with van der Waals surface area (Å²) in [7, 11) is 5.16. The van der Waals surface area contributed by atoms with Gasteiger partial charge < -0.3 is 20.3 Å². The zero-order valence-electron chi connectivity index (χ0n) is 15.6. The highest BCUT2D eigenvalue weighted by atomic mass is 16.5. The highest BCUT2D eigenvalue weighted by molar-refractivity contribution is 5.95. The van der Waals surface area contributed by atoms with Gasteiger partial charge in [0.15, 0.2) is 6.04 Å². The van der Waals surface area contributed by atoms with Crippen molar-refractivity contribution >= 4 is 17.5 Å². The number of likely N-dealkylation sites (N-methyl/N-ethyl adjacent to an activating group) is 1. The normalized spacial score (nSPS) is 12.8. The van der Waals surface area contributed by atoms with E-state index in [2.05, 4.69) is 10.6 Å². The lowest BCUT2D eigenvalue weighted by atomic mass is 10.1. The SMILES string of the molecule is CNC(=O)c1ccc(C[NH+](C)[C@@H](C)C(=O)Nc2ccccc2OC)cc1. The summed E-state index contributed by atoms with van der Waals surface area (Å²) in [6.07, 6.45) is 0. The number of hydrogen-bond acceptors (Lipinski definition) is 3. The molecule has 0 radical (unpaired) electrons. The molecule has 6 heteroatoms. The number of carbonyl (C=O) groups is 2. The van der Waals surface area contributed by atoms with Gasteiger partial charge in [0.2, 0.25) is 0 Å². The predicted molar refractivity (Wildman–Crippen MR) is 102 cm³/mol. The van der Waals surface area contributed by atoms with E-state index in [4.69, 9.17) is 4.74 Å². The molecule has 0 bridgehead atoms. The van der Waals surface area contributed by atoms with Crippen molar-refractivity contribution in [1.82, 2.24) is 5.32 Å². The molecule has 2 atom stereocenters. The molecule has 2 rings (SSSR count). The van der Waals surface area contributed by atoms with Crippen LogP contribution in [0.2, 0.25) is 0 Å². The number of ether oxygens (including phenoxy) is 1. The topological polar surface area (TPSA) is 71.9 Å². The zero-order valence-corrected chi connectivity index (χ0v) is 15.6. The number of benzene rings is 2. The molecule has 6 nitrogen and oxygen atoms in total. The summed E-state index contributed by atoms with van der Waals surface area (Å²) < 4.78 is 5.27. The molecule has 0 aliphatic heterocycles. The quantitative estimate of drug-likeness (QED) is 0.696. The van der Waals surface area contributed by atoms with Gasteiger partial charge in [-0.3, -0.25) is 9.59 Å². The molecule has 0 heterocycles. The Morgan fingerprint density at radius 3 is 2.38 bits per heavy atom. The van der Waals surface area contributed by atoms with E-state index in [0.717, 1.165) is 10.5 Å². The van der Waals surface area contributed by atoms with Gasteiger partial charge >= 0.3 is 0 Å². The Labute approximate surface area is 154 Å². The number of hydrogen-bond donors (Lipinski definition) is 3. The highest BCUT2D eigenvalue weighted by Gasteiger charge is 2.23. The van der Waals surface area contributed by atoms with E-state index in [9.17, 15) is 9.59 Å². The van der Waals surface area contributed by atoms with Gasteiger partial charge in [-0.15, -0.1) is 0 Å². The molecule has 2 aromatic rings. The van der Waals surface area contributed by atoms with Crippen LogP contribution in [0.3, 0.4) is 0 Å². The molecule has 3 N–H and O–H groups in total. The Balaban J connectivity index is 1.99. The minimum absolute atomic E-state index is 0.0750. The Morgan fingerprint density at radius 2 is 1.77 bits per heavy atom. The molecule has 0 spiro atoms. The lowest BCUT2D eigenvalue weighted by Gasteiger charge is -2.21. The first-order chi connectivity index (χ1) is 12.5. The minimum atomic E-state index is -0.251. The van der Waals surface area contributed by atoms with E-state index >= 15 is 0 Å². The van der Waals surface area contributed by atoms with Crippen LogP contribution < -0.4 is 20.3 Å². The number of quaternary nitrogens is 1. The molecule has 2 aromatic carbocycles. The molecule has 1 unspecified atom stereocenters. The maximum absolute atomic E-state index is 12.6. The van der Waals surface area contributed by atoms with Gasteiger partial charge in [0.05, 0.1) is 19.8 Å². The van der Waals surface area contributed by atoms with Crippen molar-refractivity contribution in [3.8, 4) is 5.75 Å². The summed E-state index contributed by atoms with van der Waals surface area (Å²) in [5.41, 5.74) is 2.34. The van der Waals surface area contributed by atoms with Gasteiger partial charge in [-0.25, -0.2) is 0 Å². The fourth-order valence-corrected chi connectivity index (χ4v) is 2.61. The van der Waals surface area contributed by atoms with Crippen molar-refractivity contribution in [2.75, 3.05) is 26.5 Å². The van der Waals surface area contributed by atoms with Crippen molar-refractivity contribution in [2.45, 2.75) is 19.5 Å². The van der Waals surface area contributed by atoms with Crippen LogP contribution in [0.15, 0.2) is 48.5 Å². The summed E-state index contributed by atoms with van der Waals surface area (Å²) in [6, 6.07) is 14.5. The fourth-order valence-electron chi connectivity index (χ4n) is 2.61. The van der Waals surface area contributed by atoms with Gasteiger partial charge in [-0.1, -0.05) is 24.3 Å². The average Bonchev–Trinajstić information content (AvgIpc) is 2.67. The van der Waals surface area contributed by atoms with E-state index in [1.165, 1.54) is 0 Å². The van der Waals surface area contributed by atoms with Gasteiger partial charge in [0.1, 0.15) is 12.3 Å². The standard InChI is InChI=1S/C20H25N3O3/c1-14(19(24)22-17-7-5-6-8-18(17)26-4)23(3)13-15-9-11-16(12-10-15)20(25)21-2/h5-12,14H,13H2,1-4H3,(H,21,25)(H,22,24)/p+1/t14-/m0/s1. The summed E-state index contributed by atoms with van der Waals surface area (Å²) in [5.74, 6) is 0.450. The number of para-hydroxylation sites is 2. The molecule has 26 heavy (non-hydrogen) atoms. The van der Waals surface area contributed by atoms with Crippen molar-refractivity contribution in [1.29, 1.82) is 0 Å². The number of rotatable bonds is 7. The molecule has 0 aliphatic rings. The van der Waals surface area contributed by atoms with Crippen LogP contribution in [-0.4, -0.2) is 39.1 Å². The summed E-state index contributed by atoms with van der Waals surface area (Å²) in [6.45, 7) is 2.56. The average molecular weight is 356 g/mol. The van der Waals surface area contributed by atoms with Gasteiger partial charge in [-0.05, 0) is 31.2 Å². The first-order valence-electron chi connectivity index (χ1n) is 8.53. The Morgan fingerprint density at radius 1 is 1.12 bits per heavy atom. The second-order valence-electron chi connectivity index (χ2n) is 6.21. The third kappa shape index (κ3) is 4.83. The van der Waals surface area contributed by atoms with Crippen LogP contribution in [-0.2, 0) is 11.3 Å². The number of nitrogens with one attached hydrogen (secondary N) is 3. The van der Waals surface area contributed by atoms with Gasteiger partial charge in [-0.2, -0.15) is 0 Å². The predicted octanol–water partition coefficient (Wildman–Crippen LogP) is 1.10. The molecule has 2 amide bonds. The Hall–Kier alpha value is -2.86. The third-order valence-electron chi connectivity index (χ3n) is 4.42. The van der Waals surface area contributed by atoms with Crippen LogP contribution >= 0.6 is 0 Å². The lowest BCUT2D eigenvalue weighted by molar-refractivity contribution is -0.907. The van der Waals surface area contributed by atoms with Crippen molar-refractivity contribution in [3.63, 3.8) is 0 Å². The Bertz CT molecular complexity index is 759. The van der Waals surface area contributed by atoms with Crippen LogP contribution in [0.5, 0.6) is 5.75 Å². The van der Waals surface area contributed by atoms with Crippen LogP contribution in [0.4, 0.5) is 5.69 Å². The molecular formula is C20H26N3O3+. The Kier molecular flexibility index (Phi) is 6.74. The van der Waals surface area contributed by atoms with E-state index in [1.807, 2.05) is 50.4 Å². The summed E-state index contributed by atoms with van der Waals surface area (Å²) in [5, 5.41) is 5.52. The highest BCUT2D eigenvalue weighted by Crippen LogP contribution is 2.22. The first kappa shape index (κ1) is 19.5. The van der Waals surface area contributed by atoms with E-state index < -0.39 is 0 Å². The maximum Gasteiger partial charge on any atom is 0.282 e.